The van der Waals surface area contributed by atoms with Gasteiger partial charge in [0.1, 0.15) is 24.4 Å². The Balaban J connectivity index is 2.95. The Morgan fingerprint density at radius 1 is 0.455 bits per heavy atom. The molecule has 2 aliphatic rings. The third kappa shape index (κ3) is 14.4. The van der Waals surface area contributed by atoms with Gasteiger partial charge in [-0.05, 0) is 90.7 Å². The topological polar surface area (TPSA) is 178 Å². The highest BCUT2D eigenvalue weighted by molar-refractivity contribution is 6.75. The van der Waals surface area contributed by atoms with Crippen LogP contribution in [0.2, 0.25) is 90.7 Å². The van der Waals surface area contributed by atoms with E-state index in [9.17, 15) is 9.59 Å². The van der Waals surface area contributed by atoms with Crippen molar-refractivity contribution < 1.29 is 46.0 Å². The minimum absolute atomic E-state index is 0.00250. The normalized spacial score (nSPS) is 26.8. The van der Waals surface area contributed by atoms with Gasteiger partial charge < -0.3 is 53.3 Å². The molecule has 0 aromatic rings. The summed E-state index contributed by atoms with van der Waals surface area (Å²) in [5.41, 5.74) is 6.68. The first kappa shape index (κ1) is 61.3. The van der Waals surface area contributed by atoms with E-state index in [4.69, 9.17) is 37.3 Å². The first-order valence-electron chi connectivity index (χ1n) is 26.5. The minimum atomic E-state index is -2.41. The smallest absolute Gasteiger partial charge is 0.252 e. The zero-order chi connectivity index (χ0) is 50.1. The summed E-state index contributed by atoms with van der Waals surface area (Å²) in [6.07, 6.45) is -6.83. The van der Waals surface area contributed by atoms with Gasteiger partial charge in [0.25, 0.3) is 11.8 Å². The van der Waals surface area contributed by atoms with Crippen molar-refractivity contribution in [2.75, 3.05) is 20.1 Å². The SMILES string of the molecule is CC[Si](CC)(CC)OC1C(O[Si](CC)(CC)CC)[C@@H](CNC(=O)[C@@H]2O[C@H](CN)C(O[Si](CC)(CC)CC)C(O[Si](CC)(CC)CC)C2O[Si](CC)(CC)CC)O[C@@H](C(=O)NC)C1NC(C)=O. The number of hydrogen-bond acceptors (Lipinski definition) is 11. The Kier molecular flexibility index (Phi) is 26.3. The maximum absolute atomic E-state index is 15.4. The molecule has 0 spiro atoms. The molecule has 0 aromatic heterocycles. The Morgan fingerprint density at radius 2 is 0.773 bits per heavy atom. The van der Waals surface area contributed by atoms with Crippen molar-refractivity contribution >= 4 is 59.3 Å². The number of nitrogens with one attached hydrogen (secondary N) is 3. The Bertz CT molecular complexity index is 1410. The van der Waals surface area contributed by atoms with Crippen LogP contribution in [0.5, 0.6) is 0 Å². The maximum Gasteiger partial charge on any atom is 0.252 e. The van der Waals surface area contributed by atoms with Crippen LogP contribution in [-0.4, -0.2) is 140 Å². The molecule has 0 radical (unpaired) electrons. The zero-order valence-corrected chi connectivity index (χ0v) is 50.0. The number of ether oxygens (including phenoxy) is 2. The fourth-order valence-corrected chi connectivity index (χ4v) is 24.9. The third-order valence-electron chi connectivity index (χ3n) is 16.8. The lowest BCUT2D eigenvalue weighted by Crippen LogP contribution is -2.72. The summed E-state index contributed by atoms with van der Waals surface area (Å²) in [7, 11) is -10.2. The molecule has 10 atom stereocenters. The van der Waals surface area contributed by atoms with Gasteiger partial charge in [0.05, 0.1) is 24.4 Å². The predicted molar refractivity (Wildman–Crippen MR) is 281 cm³/mol. The molecule has 5 N–H and O–H groups in total. The summed E-state index contributed by atoms with van der Waals surface area (Å²) >= 11 is 0. The molecule has 6 unspecified atom stereocenters. The van der Waals surface area contributed by atoms with Gasteiger partial charge in [-0.1, -0.05) is 104 Å². The largest absolute Gasteiger partial charge is 0.409 e. The second-order valence-corrected chi connectivity index (χ2v) is 42.8. The first-order valence-corrected chi connectivity index (χ1v) is 39.2. The number of likely N-dealkylation sites (N-methyl/N-ethyl adjacent to an activating group) is 1. The van der Waals surface area contributed by atoms with E-state index < -0.39 is 103 Å². The van der Waals surface area contributed by atoms with Gasteiger partial charge in [0.2, 0.25) is 5.91 Å². The van der Waals surface area contributed by atoms with Crippen molar-refractivity contribution in [3.63, 3.8) is 0 Å². The fraction of sp³-hybridized carbons (Fsp3) is 0.936. The van der Waals surface area contributed by atoms with Crippen molar-refractivity contribution in [3.05, 3.63) is 0 Å². The van der Waals surface area contributed by atoms with E-state index in [1.807, 2.05) is 0 Å². The average molecular weight is 1020 g/mol. The molecule has 14 nitrogen and oxygen atoms in total. The van der Waals surface area contributed by atoms with Crippen LogP contribution in [0.25, 0.3) is 0 Å². The number of nitrogens with two attached hydrogens (primary N) is 1. The molecule has 0 aromatic carbocycles. The molecule has 19 heteroatoms. The van der Waals surface area contributed by atoms with Gasteiger partial charge in [0.15, 0.2) is 53.8 Å². The molecule has 0 aliphatic carbocycles. The third-order valence-corrected chi connectivity index (χ3v) is 40.0. The fourth-order valence-electron chi connectivity index (χ4n) is 10.6. The predicted octanol–water partition coefficient (Wildman–Crippen LogP) is 8.80. The highest BCUT2D eigenvalue weighted by atomic mass is 28.4. The van der Waals surface area contributed by atoms with Crippen LogP contribution in [-0.2, 0) is 46.0 Å². The second-order valence-electron chi connectivity index (χ2n) is 19.1. The Hall–Kier alpha value is -0.826. The molecule has 2 rings (SSSR count). The number of rotatable bonds is 31. The van der Waals surface area contributed by atoms with Gasteiger partial charge in [-0.3, -0.25) is 14.4 Å². The molecule has 2 saturated heterocycles. The Morgan fingerprint density at radius 3 is 1.11 bits per heavy atom. The molecule has 388 valence electrons. The first-order chi connectivity index (χ1) is 31.4. The molecule has 2 fully saturated rings. The summed E-state index contributed by atoms with van der Waals surface area (Å²) in [6, 6.07) is 12.5. The van der Waals surface area contributed by atoms with Gasteiger partial charge in [-0.2, -0.15) is 0 Å². The lowest BCUT2D eigenvalue weighted by molar-refractivity contribution is -0.208. The maximum atomic E-state index is 15.4. The van der Waals surface area contributed by atoms with Crippen LogP contribution in [0.15, 0.2) is 0 Å². The van der Waals surface area contributed by atoms with Gasteiger partial charge >= 0.3 is 0 Å². The van der Waals surface area contributed by atoms with E-state index in [-0.39, 0.29) is 30.8 Å². The highest BCUT2D eigenvalue weighted by Gasteiger charge is 2.57. The lowest BCUT2D eigenvalue weighted by Gasteiger charge is -2.53. The van der Waals surface area contributed by atoms with Crippen LogP contribution >= 0.6 is 0 Å². The minimum Gasteiger partial charge on any atom is -0.409 e. The van der Waals surface area contributed by atoms with E-state index in [2.05, 4.69) is 120 Å². The molecule has 0 saturated carbocycles. The summed E-state index contributed by atoms with van der Waals surface area (Å²) in [5.74, 6) is -1.04. The molecule has 2 heterocycles. The Labute approximate surface area is 407 Å². The molecule has 0 bridgehead atoms. The quantitative estimate of drug-likeness (QED) is 0.0488. The highest BCUT2D eigenvalue weighted by Crippen LogP contribution is 2.40. The number of carbonyl (C=O) groups excluding carboxylic acids is 3. The van der Waals surface area contributed by atoms with E-state index in [0.29, 0.717) is 0 Å². The standard InChI is InChI=1S/C47H100N4O10Si5/c1-18-62(19-2,20-3)57-39-36(33-48)55-45(44(61-66(30-13,31-14)32-15)43(39)60-65(27-10,28-11)29-12)47(54)50-34-37-40(58-63(21-4,22-5)23-6)41(59-64(24-7,25-8)26-9)38(51-35(16)52)42(56-37)46(53)49-17/h36-45H,18-34,48H2,1-17H3,(H,49,53)(H,50,54)(H,51,52)/t36-,37-,38?,39?,40?,41?,42-,43?,44?,45-/m1/s1. The van der Waals surface area contributed by atoms with Crippen LogP contribution < -0.4 is 21.7 Å². The summed E-state index contributed by atoms with van der Waals surface area (Å²) in [6.45, 7) is 34.6. The molecule has 66 heavy (non-hydrogen) atoms. The van der Waals surface area contributed by atoms with E-state index >= 15 is 4.79 Å². The zero-order valence-electron chi connectivity index (χ0n) is 45.0. The van der Waals surface area contributed by atoms with Gasteiger partial charge in [-0.15, -0.1) is 0 Å². The van der Waals surface area contributed by atoms with E-state index in [1.165, 1.54) is 6.92 Å². The van der Waals surface area contributed by atoms with Crippen molar-refractivity contribution in [1.82, 2.24) is 16.0 Å². The molecular formula is C47H100N4O10Si5. The lowest BCUT2D eigenvalue weighted by atomic mass is 9.91. The second kappa shape index (κ2) is 28.3. The number of hydrogen-bond donors (Lipinski definition) is 4. The van der Waals surface area contributed by atoms with Crippen LogP contribution in [0.4, 0.5) is 0 Å². The monoisotopic (exact) mass is 1020 g/mol. The summed E-state index contributed by atoms with van der Waals surface area (Å²) < 4.78 is 51.2. The number of carbonyl (C=O) groups is 3. The van der Waals surface area contributed by atoms with E-state index in [0.717, 1.165) is 90.7 Å². The van der Waals surface area contributed by atoms with Crippen molar-refractivity contribution in [3.8, 4) is 0 Å². The average Bonchev–Trinajstić information content (AvgIpc) is 3.35. The van der Waals surface area contributed by atoms with Crippen LogP contribution in [0.1, 0.15) is 111 Å². The van der Waals surface area contributed by atoms with E-state index in [1.54, 1.807) is 7.05 Å². The van der Waals surface area contributed by atoms with Crippen molar-refractivity contribution in [2.45, 2.75) is 262 Å². The molecular weight excluding hydrogens is 921 g/mol. The van der Waals surface area contributed by atoms with Gasteiger partial charge in [-0.25, -0.2) is 0 Å². The van der Waals surface area contributed by atoms with Gasteiger partial charge in [0, 0.05) is 27.1 Å². The summed E-state index contributed by atoms with van der Waals surface area (Å²) in [4.78, 5) is 42.3. The molecule has 2 aliphatic heterocycles. The molecule has 3 amide bonds. The van der Waals surface area contributed by atoms with Crippen LogP contribution in [0.3, 0.4) is 0 Å². The van der Waals surface area contributed by atoms with Crippen LogP contribution in [0, 0.1) is 0 Å². The number of amides is 3. The van der Waals surface area contributed by atoms with Crippen molar-refractivity contribution in [2.24, 2.45) is 5.73 Å². The summed E-state index contributed by atoms with van der Waals surface area (Å²) in [5, 5.41) is 9.15. The van der Waals surface area contributed by atoms with Crippen molar-refractivity contribution in [1.29, 1.82) is 0 Å².